The Bertz CT molecular complexity index is 1090. The van der Waals surface area contributed by atoms with Crippen LogP contribution >= 0.6 is 0 Å². The highest BCUT2D eigenvalue weighted by Crippen LogP contribution is 2.25. The highest BCUT2D eigenvalue weighted by atomic mass is 16.5. The van der Waals surface area contributed by atoms with Gasteiger partial charge in [0, 0.05) is 0 Å². The van der Waals surface area contributed by atoms with E-state index in [0.717, 1.165) is 5.56 Å². The van der Waals surface area contributed by atoms with Crippen LogP contribution in [0.25, 0.3) is 0 Å². The van der Waals surface area contributed by atoms with Crippen molar-refractivity contribution in [2.24, 2.45) is 0 Å². The van der Waals surface area contributed by atoms with Crippen molar-refractivity contribution in [1.29, 1.82) is 0 Å². The molecule has 3 aromatic carbocycles. The van der Waals surface area contributed by atoms with Gasteiger partial charge in [-0.05, 0) is 54.7 Å². The van der Waals surface area contributed by atoms with Crippen molar-refractivity contribution in [2.45, 2.75) is 52.2 Å². The van der Waals surface area contributed by atoms with E-state index in [0.29, 0.717) is 17.0 Å². The Hall–Kier alpha value is -3.60. The highest BCUT2D eigenvalue weighted by molar-refractivity contribution is 6.04. The van der Waals surface area contributed by atoms with Gasteiger partial charge in [-0.1, -0.05) is 75.4 Å². The lowest BCUT2D eigenvalue weighted by molar-refractivity contribution is -0.122. The molecule has 0 saturated heterocycles. The van der Waals surface area contributed by atoms with Gasteiger partial charge in [-0.3, -0.25) is 9.59 Å². The van der Waals surface area contributed by atoms with Gasteiger partial charge in [0.05, 0.1) is 17.3 Å². The van der Waals surface area contributed by atoms with E-state index in [1.54, 1.807) is 31.2 Å². The van der Waals surface area contributed by atoms with E-state index >= 15 is 0 Å². The molecule has 0 aromatic heterocycles. The number of para-hydroxylation sites is 1. The van der Waals surface area contributed by atoms with Gasteiger partial charge in [0.2, 0.25) is 0 Å². The third kappa shape index (κ3) is 6.45. The van der Waals surface area contributed by atoms with Crippen molar-refractivity contribution in [2.75, 3.05) is 5.32 Å². The molecular formula is C28H32N2O3. The molecule has 2 amide bonds. The Morgan fingerprint density at radius 1 is 0.818 bits per heavy atom. The number of ether oxygens (including phenoxy) is 1. The summed E-state index contributed by atoms with van der Waals surface area (Å²) in [6.45, 7) is 10.1. The highest BCUT2D eigenvalue weighted by Gasteiger charge is 2.20. The van der Waals surface area contributed by atoms with Crippen LogP contribution in [0.4, 0.5) is 5.69 Å². The maximum atomic E-state index is 12.9. The maximum absolute atomic E-state index is 12.9. The average Bonchev–Trinajstić information content (AvgIpc) is 2.79. The number of hydrogen-bond donors (Lipinski definition) is 2. The minimum atomic E-state index is -0.732. The topological polar surface area (TPSA) is 67.4 Å². The Labute approximate surface area is 196 Å². The minimum absolute atomic E-state index is 0.0454. The second-order valence-electron chi connectivity index (χ2n) is 9.18. The second-order valence-corrected chi connectivity index (χ2v) is 9.18. The summed E-state index contributed by atoms with van der Waals surface area (Å²) >= 11 is 0. The van der Waals surface area contributed by atoms with E-state index in [4.69, 9.17) is 4.74 Å². The second kappa shape index (κ2) is 10.3. The number of carbonyl (C=O) groups is 2. The number of hydrogen-bond acceptors (Lipinski definition) is 3. The summed E-state index contributed by atoms with van der Waals surface area (Å²) < 4.78 is 5.83. The third-order valence-electron chi connectivity index (χ3n) is 5.48. The van der Waals surface area contributed by atoms with Crippen LogP contribution in [0.2, 0.25) is 0 Å². The van der Waals surface area contributed by atoms with Crippen LogP contribution in [0.15, 0.2) is 78.9 Å². The van der Waals surface area contributed by atoms with Crippen LogP contribution in [0.3, 0.4) is 0 Å². The molecule has 0 heterocycles. The summed E-state index contributed by atoms with van der Waals surface area (Å²) in [4.78, 5) is 25.7. The minimum Gasteiger partial charge on any atom is -0.481 e. The van der Waals surface area contributed by atoms with E-state index in [1.807, 2.05) is 61.5 Å². The van der Waals surface area contributed by atoms with Gasteiger partial charge in [0.15, 0.2) is 6.10 Å². The molecule has 3 rings (SSSR count). The number of nitrogens with one attached hydrogen (secondary N) is 2. The van der Waals surface area contributed by atoms with E-state index in [-0.39, 0.29) is 23.3 Å². The normalized spacial score (nSPS) is 13.0. The largest absolute Gasteiger partial charge is 0.481 e. The molecule has 0 saturated carbocycles. The van der Waals surface area contributed by atoms with Gasteiger partial charge in [0.1, 0.15) is 5.75 Å². The molecule has 33 heavy (non-hydrogen) atoms. The van der Waals surface area contributed by atoms with Crippen LogP contribution in [-0.4, -0.2) is 17.9 Å². The molecule has 5 nitrogen and oxygen atoms in total. The fourth-order valence-corrected chi connectivity index (χ4v) is 3.42. The summed E-state index contributed by atoms with van der Waals surface area (Å²) in [7, 11) is 0. The summed E-state index contributed by atoms with van der Waals surface area (Å²) in [5.41, 5.74) is 3.08. The molecule has 0 aliphatic rings. The number of carbonyl (C=O) groups excluding carboxylic acids is 2. The lowest BCUT2D eigenvalue weighted by Crippen LogP contribution is -2.32. The quantitative estimate of drug-likeness (QED) is 0.478. The van der Waals surface area contributed by atoms with Crippen molar-refractivity contribution in [3.63, 3.8) is 0 Å². The van der Waals surface area contributed by atoms with Crippen molar-refractivity contribution in [3.05, 3.63) is 95.6 Å². The zero-order chi connectivity index (χ0) is 24.0. The first-order valence-electron chi connectivity index (χ1n) is 11.2. The smallest absolute Gasteiger partial charge is 0.265 e. The van der Waals surface area contributed by atoms with Gasteiger partial charge in [-0.15, -0.1) is 0 Å². The Kier molecular flexibility index (Phi) is 7.54. The number of rotatable bonds is 7. The molecule has 0 unspecified atom stereocenters. The molecule has 0 aliphatic carbocycles. The van der Waals surface area contributed by atoms with E-state index in [2.05, 4.69) is 31.4 Å². The van der Waals surface area contributed by atoms with Gasteiger partial charge >= 0.3 is 0 Å². The predicted octanol–water partition coefficient (Wildman–Crippen LogP) is 5.88. The van der Waals surface area contributed by atoms with Gasteiger partial charge in [-0.25, -0.2) is 0 Å². The van der Waals surface area contributed by atoms with E-state index < -0.39 is 6.10 Å². The summed E-state index contributed by atoms with van der Waals surface area (Å²) in [6, 6.07) is 24.3. The first-order valence-corrected chi connectivity index (χ1v) is 11.2. The molecule has 0 aliphatic heterocycles. The van der Waals surface area contributed by atoms with Crippen LogP contribution in [0.1, 0.15) is 62.1 Å². The summed E-state index contributed by atoms with van der Waals surface area (Å²) in [5.74, 6) is 0.0354. The fraction of sp³-hybridized carbons (Fsp3) is 0.286. The summed E-state index contributed by atoms with van der Waals surface area (Å²) in [5, 5.41) is 5.83. The Morgan fingerprint density at radius 3 is 2.06 bits per heavy atom. The van der Waals surface area contributed by atoms with Crippen LogP contribution in [0.5, 0.6) is 5.75 Å². The molecule has 2 atom stereocenters. The first kappa shape index (κ1) is 24.1. The van der Waals surface area contributed by atoms with E-state index in [9.17, 15) is 9.59 Å². The molecule has 3 aromatic rings. The first-order chi connectivity index (χ1) is 15.6. The van der Waals surface area contributed by atoms with Crippen LogP contribution in [-0.2, 0) is 10.2 Å². The zero-order valence-corrected chi connectivity index (χ0v) is 19.9. The predicted molar refractivity (Wildman–Crippen MR) is 133 cm³/mol. The number of amides is 2. The monoisotopic (exact) mass is 444 g/mol. The van der Waals surface area contributed by atoms with Crippen molar-refractivity contribution < 1.29 is 14.3 Å². The van der Waals surface area contributed by atoms with Gasteiger partial charge in [0.25, 0.3) is 11.8 Å². The molecule has 0 spiro atoms. The summed E-state index contributed by atoms with van der Waals surface area (Å²) in [6.07, 6.45) is -0.732. The molecule has 2 N–H and O–H groups in total. The third-order valence-corrected chi connectivity index (χ3v) is 5.48. The van der Waals surface area contributed by atoms with Gasteiger partial charge in [-0.2, -0.15) is 0 Å². The molecule has 0 radical (unpaired) electrons. The Morgan fingerprint density at radius 2 is 1.42 bits per heavy atom. The van der Waals surface area contributed by atoms with E-state index in [1.165, 1.54) is 5.56 Å². The fourth-order valence-electron chi connectivity index (χ4n) is 3.42. The molecule has 5 heteroatoms. The molecular weight excluding hydrogens is 412 g/mol. The van der Waals surface area contributed by atoms with Crippen molar-refractivity contribution >= 4 is 17.5 Å². The Balaban J connectivity index is 1.65. The van der Waals surface area contributed by atoms with Crippen LogP contribution < -0.4 is 15.4 Å². The lowest BCUT2D eigenvalue weighted by atomic mass is 9.87. The number of anilines is 1. The molecule has 0 bridgehead atoms. The molecule has 172 valence electrons. The SMILES string of the molecule is C[C@H](Oc1ccc(C(C)(C)C)cc1)C(=O)Nc1ccccc1C(=O)N[C@@H](C)c1ccccc1. The molecule has 0 fully saturated rings. The standard InChI is InChI=1S/C28H32N2O3/c1-19(21-11-7-6-8-12-21)29-27(32)24-13-9-10-14-25(24)30-26(31)20(2)33-23-17-15-22(16-18-23)28(3,4)5/h6-20H,1-5H3,(H,29,32)(H,30,31)/t19-,20-/m0/s1. The van der Waals surface area contributed by atoms with Crippen LogP contribution in [0, 0.1) is 0 Å². The van der Waals surface area contributed by atoms with Crippen molar-refractivity contribution in [3.8, 4) is 5.75 Å². The maximum Gasteiger partial charge on any atom is 0.265 e. The van der Waals surface area contributed by atoms with Gasteiger partial charge < -0.3 is 15.4 Å². The average molecular weight is 445 g/mol. The number of benzene rings is 3. The lowest BCUT2D eigenvalue weighted by Gasteiger charge is -2.20. The van der Waals surface area contributed by atoms with Crippen molar-refractivity contribution in [1.82, 2.24) is 5.32 Å². The zero-order valence-electron chi connectivity index (χ0n) is 19.9.